The maximum absolute atomic E-state index is 11.5. The van der Waals surface area contributed by atoms with Gasteiger partial charge >= 0.3 is 11.9 Å². The van der Waals surface area contributed by atoms with E-state index in [-0.39, 0.29) is 13.2 Å². The molecule has 0 aliphatic heterocycles. The highest BCUT2D eigenvalue weighted by atomic mass is 35.5. The van der Waals surface area contributed by atoms with Crippen molar-refractivity contribution in [2.24, 2.45) is 0 Å². The zero-order valence-electron chi connectivity index (χ0n) is 11.0. The van der Waals surface area contributed by atoms with Crippen LogP contribution in [0.5, 0.6) is 0 Å². The zero-order valence-corrected chi connectivity index (χ0v) is 11.7. The van der Waals surface area contributed by atoms with Gasteiger partial charge < -0.3 is 9.47 Å². The lowest BCUT2D eigenvalue weighted by Gasteiger charge is -2.07. The van der Waals surface area contributed by atoms with Gasteiger partial charge in [-0.25, -0.2) is 9.59 Å². The van der Waals surface area contributed by atoms with Crippen molar-refractivity contribution >= 4 is 23.5 Å². The summed E-state index contributed by atoms with van der Waals surface area (Å²) in [4.78, 5) is 22.2. The van der Waals surface area contributed by atoms with Gasteiger partial charge in [0.05, 0.1) is 0 Å². The van der Waals surface area contributed by atoms with Crippen molar-refractivity contribution in [1.29, 1.82) is 0 Å². The molecule has 0 radical (unpaired) electrons. The minimum Gasteiger partial charge on any atom is -0.459 e. The third-order valence-corrected chi connectivity index (χ3v) is 2.38. The van der Waals surface area contributed by atoms with Crippen molar-refractivity contribution in [3.8, 4) is 0 Å². The fourth-order valence-electron chi connectivity index (χ4n) is 1.19. The molecule has 4 nitrogen and oxygen atoms in total. The number of rotatable bonds is 10. The van der Waals surface area contributed by atoms with Gasteiger partial charge in [0, 0.05) is 16.7 Å². The summed E-state index contributed by atoms with van der Waals surface area (Å²) in [5, 5.41) is 0.609. The first kappa shape index (κ1) is 17.4. The molecule has 0 aromatic heterocycles. The van der Waals surface area contributed by atoms with E-state index >= 15 is 0 Å². The predicted molar refractivity (Wildman–Crippen MR) is 74.7 cm³/mol. The van der Waals surface area contributed by atoms with Crippen LogP contribution in [0.15, 0.2) is 36.4 Å². The van der Waals surface area contributed by atoms with Crippen LogP contribution in [-0.4, -0.2) is 25.2 Å². The van der Waals surface area contributed by atoms with E-state index in [4.69, 9.17) is 16.3 Å². The average molecular weight is 287 g/mol. The smallest absolute Gasteiger partial charge is 0.333 e. The molecule has 0 fully saturated rings. The van der Waals surface area contributed by atoms with Gasteiger partial charge in [0.25, 0.3) is 0 Å². The summed E-state index contributed by atoms with van der Waals surface area (Å²) in [5.41, 5.74) is 0.398. The average Bonchev–Trinajstić information content (AvgIpc) is 2.38. The molecule has 0 unspecified atom stereocenters. The topological polar surface area (TPSA) is 52.6 Å². The second-order valence-corrected chi connectivity index (χ2v) is 4.37. The molecule has 5 heteroatoms. The first-order chi connectivity index (χ1) is 8.97. The monoisotopic (exact) mass is 286 g/mol. The van der Waals surface area contributed by atoms with Gasteiger partial charge in [0.1, 0.15) is 13.2 Å². The van der Waals surface area contributed by atoms with E-state index in [1.807, 2.05) is 0 Å². The second kappa shape index (κ2) is 10.4. The molecule has 19 heavy (non-hydrogen) atoms. The maximum Gasteiger partial charge on any atom is 0.333 e. The fraction of sp³-hybridized carbons (Fsp3) is 0.429. The summed E-state index contributed by atoms with van der Waals surface area (Å²) in [6.07, 6.45) is 3.97. The summed E-state index contributed by atoms with van der Waals surface area (Å²) < 4.78 is 9.54. The van der Waals surface area contributed by atoms with Crippen molar-refractivity contribution < 1.29 is 19.1 Å². The van der Waals surface area contributed by atoms with E-state index in [1.54, 1.807) is 0 Å². The largest absolute Gasteiger partial charge is 0.459 e. The van der Waals surface area contributed by atoms with Crippen LogP contribution in [0.25, 0.3) is 0 Å². The minimum atomic E-state index is -0.545. The number of hydrogen-bond donors (Lipinski definition) is 0. The Morgan fingerprint density at radius 3 is 2.21 bits per heavy atom. The highest BCUT2D eigenvalue weighted by Gasteiger charge is 2.08. The predicted octanol–water partition coefficient (Wildman–Crippen LogP) is 3.13. The van der Waals surface area contributed by atoms with Gasteiger partial charge in [0.15, 0.2) is 0 Å². The van der Waals surface area contributed by atoms with Crippen LogP contribution in [-0.2, 0) is 19.1 Å². The lowest BCUT2D eigenvalue weighted by Crippen LogP contribution is -2.13. The van der Waals surface area contributed by atoms with Crippen molar-refractivity contribution in [2.75, 3.05) is 13.2 Å². The van der Waals surface area contributed by atoms with E-state index in [9.17, 15) is 9.59 Å². The van der Waals surface area contributed by atoms with Crippen molar-refractivity contribution in [3.63, 3.8) is 0 Å². The van der Waals surface area contributed by atoms with E-state index < -0.39 is 11.9 Å². The summed E-state index contributed by atoms with van der Waals surface area (Å²) >= 11 is 5.62. The van der Waals surface area contributed by atoms with E-state index in [0.717, 1.165) is 25.3 Å². The van der Waals surface area contributed by atoms with Crippen LogP contribution in [0.1, 0.15) is 25.7 Å². The first-order valence-corrected chi connectivity index (χ1v) is 6.32. The van der Waals surface area contributed by atoms with Crippen molar-refractivity contribution in [1.82, 2.24) is 0 Å². The Morgan fingerprint density at radius 2 is 1.63 bits per heavy atom. The summed E-state index contributed by atoms with van der Waals surface area (Å²) in [6.45, 7) is 10.5. The van der Waals surface area contributed by atoms with Crippen molar-refractivity contribution in [3.05, 3.63) is 36.4 Å². The Kier molecular flexibility index (Phi) is 9.53. The van der Waals surface area contributed by atoms with Gasteiger partial charge in [-0.3, -0.25) is 0 Å². The van der Waals surface area contributed by atoms with Crippen molar-refractivity contribution in [2.45, 2.75) is 25.7 Å². The standard InChI is InChI=1S/C14H19ClO4/c1-4-13(16)18-9-10-19-14(17)11(2)7-5-6-8-12(3)15/h4H,1-3,5-10H2. The third kappa shape index (κ3) is 10.1. The SMILES string of the molecule is C=CC(=O)OCCOC(=O)C(=C)CCCCC(=C)Cl. The molecule has 0 spiro atoms. The molecule has 0 bridgehead atoms. The number of unbranched alkanes of at least 4 members (excludes halogenated alkanes) is 1. The summed E-state index contributed by atoms with van der Waals surface area (Å²) in [6, 6.07) is 0. The molecule has 0 saturated heterocycles. The number of esters is 2. The van der Waals surface area contributed by atoms with Crippen LogP contribution >= 0.6 is 11.6 Å². The summed E-state index contributed by atoms with van der Waals surface area (Å²) in [7, 11) is 0. The van der Waals surface area contributed by atoms with Crippen LogP contribution < -0.4 is 0 Å². The molecule has 106 valence electrons. The molecular weight excluding hydrogens is 268 g/mol. The molecule has 0 aromatic rings. The number of hydrogen-bond acceptors (Lipinski definition) is 4. The fourth-order valence-corrected chi connectivity index (χ4v) is 1.33. The van der Waals surface area contributed by atoms with E-state index in [2.05, 4.69) is 24.5 Å². The normalized spacial score (nSPS) is 9.53. The first-order valence-electron chi connectivity index (χ1n) is 5.94. The Hall–Kier alpha value is -1.55. The number of allylic oxidation sites excluding steroid dienone is 1. The molecule has 0 atom stereocenters. The lowest BCUT2D eigenvalue weighted by atomic mass is 10.1. The van der Waals surface area contributed by atoms with Crippen LogP contribution in [0.4, 0.5) is 0 Å². The van der Waals surface area contributed by atoms with E-state index in [1.165, 1.54) is 0 Å². The van der Waals surface area contributed by atoms with Gasteiger partial charge in [-0.2, -0.15) is 0 Å². The second-order valence-electron chi connectivity index (χ2n) is 3.84. The third-order valence-electron chi connectivity index (χ3n) is 2.19. The molecule has 0 rings (SSSR count). The van der Waals surface area contributed by atoms with Crippen LogP contribution in [0, 0.1) is 0 Å². The number of carbonyl (C=O) groups is 2. The summed E-state index contributed by atoms with van der Waals surface area (Å²) in [5.74, 6) is -1.02. The zero-order chi connectivity index (χ0) is 14.7. The lowest BCUT2D eigenvalue weighted by molar-refractivity contribution is -0.146. The van der Waals surface area contributed by atoms with E-state index in [0.29, 0.717) is 17.0 Å². The number of halogens is 1. The van der Waals surface area contributed by atoms with Crippen LogP contribution in [0.2, 0.25) is 0 Å². The Balaban J connectivity index is 3.64. The molecular formula is C14H19ClO4. The Labute approximate surface area is 118 Å². The molecule has 0 N–H and O–H groups in total. The molecule has 0 saturated carbocycles. The molecule has 0 amide bonds. The highest BCUT2D eigenvalue weighted by Crippen LogP contribution is 2.13. The van der Waals surface area contributed by atoms with Gasteiger partial charge in [-0.1, -0.05) is 31.3 Å². The van der Waals surface area contributed by atoms with Crippen LogP contribution in [0.3, 0.4) is 0 Å². The number of ether oxygens (including phenoxy) is 2. The molecule has 0 aliphatic rings. The molecule has 0 heterocycles. The van der Waals surface area contributed by atoms with Gasteiger partial charge in [-0.05, 0) is 25.7 Å². The Morgan fingerprint density at radius 1 is 1.05 bits per heavy atom. The minimum absolute atomic E-state index is 0.00984. The van der Waals surface area contributed by atoms with Gasteiger partial charge in [0.2, 0.25) is 0 Å². The Bertz CT molecular complexity index is 360. The highest BCUT2D eigenvalue weighted by molar-refractivity contribution is 6.29. The number of carbonyl (C=O) groups excluding carboxylic acids is 2. The molecule has 0 aromatic carbocycles. The quantitative estimate of drug-likeness (QED) is 0.352. The van der Waals surface area contributed by atoms with Gasteiger partial charge in [-0.15, -0.1) is 0 Å². The maximum atomic E-state index is 11.5. The molecule has 0 aliphatic carbocycles.